The third-order valence-electron chi connectivity index (χ3n) is 2.89. The summed E-state index contributed by atoms with van der Waals surface area (Å²) in [5, 5.41) is 9.88. The summed E-state index contributed by atoms with van der Waals surface area (Å²) in [7, 11) is 0. The fourth-order valence-electron chi connectivity index (χ4n) is 1.72. The molecular weight excluding hydrogens is 271 g/mol. The van der Waals surface area contributed by atoms with Crippen LogP contribution in [-0.4, -0.2) is 11.0 Å². The van der Waals surface area contributed by atoms with Gasteiger partial charge in [-0.3, -0.25) is 15.6 Å². The molecule has 1 atom stereocenters. The highest BCUT2D eigenvalue weighted by Gasteiger charge is 2.16. The lowest BCUT2D eigenvalue weighted by Gasteiger charge is -2.14. The lowest BCUT2D eigenvalue weighted by Crippen LogP contribution is -2.39. The number of aliphatic hydroxyl groups is 1. The van der Waals surface area contributed by atoms with E-state index < -0.39 is 12.0 Å². The van der Waals surface area contributed by atoms with Gasteiger partial charge in [0.25, 0.3) is 5.91 Å². The molecule has 1 unspecified atom stereocenters. The van der Waals surface area contributed by atoms with Crippen molar-refractivity contribution in [2.45, 2.75) is 6.10 Å². The molecule has 4 nitrogen and oxygen atoms in total. The summed E-state index contributed by atoms with van der Waals surface area (Å²) < 4.78 is 12.8. The van der Waals surface area contributed by atoms with Gasteiger partial charge in [0, 0.05) is 0 Å². The second kappa shape index (κ2) is 6.67. The quantitative estimate of drug-likeness (QED) is 0.738. The summed E-state index contributed by atoms with van der Waals surface area (Å²) in [5.74, 6) is -0.959. The normalized spacial score (nSPS) is 11.5. The number of rotatable bonds is 5. The largest absolute Gasteiger partial charge is 0.378 e. The number of benzene rings is 2. The molecule has 0 radical (unpaired) electrons. The molecule has 0 aliphatic carbocycles. The van der Waals surface area contributed by atoms with Crippen LogP contribution in [0.1, 0.15) is 17.2 Å². The Morgan fingerprint density at radius 2 is 1.67 bits per heavy atom. The Balaban J connectivity index is 1.92. The van der Waals surface area contributed by atoms with Crippen LogP contribution in [0.2, 0.25) is 0 Å². The third kappa shape index (κ3) is 3.90. The summed E-state index contributed by atoms with van der Waals surface area (Å²) in [6.07, 6.45) is -1.28. The topological polar surface area (TPSA) is 61.4 Å². The van der Waals surface area contributed by atoms with Crippen LogP contribution in [0.25, 0.3) is 5.70 Å². The van der Waals surface area contributed by atoms with E-state index in [1.807, 2.05) is 0 Å². The van der Waals surface area contributed by atoms with Crippen LogP contribution in [0, 0.1) is 5.82 Å². The monoisotopic (exact) mass is 286 g/mol. The number of aliphatic hydroxyl groups excluding tert-OH is 1. The van der Waals surface area contributed by atoms with Gasteiger partial charge in [-0.2, -0.15) is 0 Å². The highest BCUT2D eigenvalue weighted by atomic mass is 19.1. The molecule has 5 heteroatoms. The molecule has 0 saturated heterocycles. The van der Waals surface area contributed by atoms with Crippen molar-refractivity contribution in [1.82, 2.24) is 10.9 Å². The number of carbonyl (C=O) groups is 1. The first kappa shape index (κ1) is 14.7. The first-order valence-electron chi connectivity index (χ1n) is 6.31. The van der Waals surface area contributed by atoms with Crippen molar-refractivity contribution in [3.05, 3.63) is 78.1 Å². The summed E-state index contributed by atoms with van der Waals surface area (Å²) in [6, 6.07) is 14.2. The van der Waals surface area contributed by atoms with E-state index in [0.29, 0.717) is 16.8 Å². The summed E-state index contributed by atoms with van der Waals surface area (Å²) in [5.41, 5.74) is 6.47. The van der Waals surface area contributed by atoms with Crippen LogP contribution in [0.4, 0.5) is 4.39 Å². The van der Waals surface area contributed by atoms with Gasteiger partial charge in [-0.15, -0.1) is 0 Å². The number of amides is 1. The highest BCUT2D eigenvalue weighted by molar-refractivity contribution is 5.82. The van der Waals surface area contributed by atoms with Gasteiger partial charge in [0.1, 0.15) is 5.82 Å². The van der Waals surface area contributed by atoms with Gasteiger partial charge < -0.3 is 5.11 Å². The molecule has 0 fully saturated rings. The Bertz CT molecular complexity index is 626. The van der Waals surface area contributed by atoms with E-state index >= 15 is 0 Å². The van der Waals surface area contributed by atoms with Gasteiger partial charge in [-0.25, -0.2) is 4.39 Å². The van der Waals surface area contributed by atoms with Crippen molar-refractivity contribution in [3.63, 3.8) is 0 Å². The van der Waals surface area contributed by atoms with Crippen LogP contribution in [0.3, 0.4) is 0 Å². The summed E-state index contributed by atoms with van der Waals surface area (Å²) >= 11 is 0. The minimum Gasteiger partial charge on any atom is -0.378 e. The number of nitrogens with one attached hydrogen (secondary N) is 2. The average Bonchev–Trinajstić information content (AvgIpc) is 2.53. The molecule has 0 aliphatic rings. The second-order valence-electron chi connectivity index (χ2n) is 4.41. The van der Waals surface area contributed by atoms with Gasteiger partial charge in [-0.05, 0) is 35.4 Å². The second-order valence-corrected chi connectivity index (χ2v) is 4.41. The number of hydrogen-bond donors (Lipinski definition) is 3. The molecule has 0 spiro atoms. The molecule has 0 saturated carbocycles. The molecule has 0 bridgehead atoms. The predicted octanol–water partition coefficient (Wildman–Crippen LogP) is 2.15. The summed E-state index contributed by atoms with van der Waals surface area (Å²) in [6.45, 7) is 3.73. The van der Waals surface area contributed by atoms with Crippen molar-refractivity contribution in [3.8, 4) is 0 Å². The van der Waals surface area contributed by atoms with E-state index in [4.69, 9.17) is 0 Å². The zero-order valence-corrected chi connectivity index (χ0v) is 11.2. The van der Waals surface area contributed by atoms with Crippen LogP contribution in [0.5, 0.6) is 0 Å². The van der Waals surface area contributed by atoms with Gasteiger partial charge >= 0.3 is 0 Å². The molecular formula is C16H15FN2O2. The molecule has 108 valence electrons. The summed E-state index contributed by atoms with van der Waals surface area (Å²) in [4.78, 5) is 11.8. The van der Waals surface area contributed by atoms with Crippen LogP contribution < -0.4 is 10.9 Å². The van der Waals surface area contributed by atoms with Crippen LogP contribution in [0.15, 0.2) is 61.2 Å². The molecule has 2 aromatic carbocycles. The fraction of sp³-hybridized carbons (Fsp3) is 0.0625. The van der Waals surface area contributed by atoms with Crippen molar-refractivity contribution in [1.29, 1.82) is 0 Å². The average molecular weight is 286 g/mol. The SMILES string of the molecule is C=C(NNC(=O)C(O)c1ccccc1)c1ccc(F)cc1. The minimum atomic E-state index is -1.28. The van der Waals surface area contributed by atoms with Crippen LogP contribution in [-0.2, 0) is 4.79 Å². The van der Waals surface area contributed by atoms with Crippen LogP contribution >= 0.6 is 0 Å². The number of hydrogen-bond acceptors (Lipinski definition) is 3. The van der Waals surface area contributed by atoms with E-state index in [1.165, 1.54) is 24.3 Å². The molecule has 2 aromatic rings. The predicted molar refractivity (Wildman–Crippen MR) is 78.1 cm³/mol. The van der Waals surface area contributed by atoms with Crippen molar-refractivity contribution in [2.75, 3.05) is 0 Å². The highest BCUT2D eigenvalue weighted by Crippen LogP contribution is 2.12. The zero-order valence-electron chi connectivity index (χ0n) is 11.2. The van der Waals surface area contributed by atoms with Gasteiger partial charge in [-0.1, -0.05) is 36.9 Å². The molecule has 1 amide bonds. The smallest absolute Gasteiger partial charge is 0.271 e. The molecule has 0 heterocycles. The Morgan fingerprint density at radius 1 is 1.05 bits per heavy atom. The Morgan fingerprint density at radius 3 is 2.29 bits per heavy atom. The lowest BCUT2D eigenvalue weighted by molar-refractivity contribution is -0.130. The Labute approximate surface area is 121 Å². The van der Waals surface area contributed by atoms with E-state index in [9.17, 15) is 14.3 Å². The van der Waals surface area contributed by atoms with Crippen molar-refractivity contribution in [2.24, 2.45) is 0 Å². The third-order valence-corrected chi connectivity index (χ3v) is 2.89. The standard InChI is InChI=1S/C16H15FN2O2/c1-11(12-7-9-14(17)10-8-12)18-19-16(21)15(20)13-5-3-2-4-6-13/h2-10,15,18,20H,1H2,(H,19,21). The van der Waals surface area contributed by atoms with Crippen molar-refractivity contribution >= 4 is 11.6 Å². The van der Waals surface area contributed by atoms with Gasteiger partial charge in [0.2, 0.25) is 0 Å². The van der Waals surface area contributed by atoms with Gasteiger partial charge in [0.05, 0.1) is 5.70 Å². The lowest BCUT2D eigenvalue weighted by atomic mass is 10.1. The van der Waals surface area contributed by atoms with Gasteiger partial charge in [0.15, 0.2) is 6.10 Å². The van der Waals surface area contributed by atoms with E-state index in [-0.39, 0.29) is 5.82 Å². The molecule has 0 aliphatic heterocycles. The number of carbonyl (C=O) groups excluding carboxylic acids is 1. The molecule has 2 rings (SSSR count). The minimum absolute atomic E-state index is 0.352. The van der Waals surface area contributed by atoms with E-state index in [2.05, 4.69) is 17.4 Å². The maximum Gasteiger partial charge on any atom is 0.271 e. The first-order chi connectivity index (χ1) is 10.1. The van der Waals surface area contributed by atoms with E-state index in [0.717, 1.165) is 0 Å². The molecule has 21 heavy (non-hydrogen) atoms. The fourth-order valence-corrected chi connectivity index (χ4v) is 1.72. The maximum absolute atomic E-state index is 12.8. The number of hydrazine groups is 1. The first-order valence-corrected chi connectivity index (χ1v) is 6.31. The molecule has 3 N–H and O–H groups in total. The number of halogens is 1. The zero-order chi connectivity index (χ0) is 15.2. The maximum atomic E-state index is 12.8. The molecule has 0 aromatic heterocycles. The van der Waals surface area contributed by atoms with E-state index in [1.54, 1.807) is 30.3 Å². The van der Waals surface area contributed by atoms with Crippen molar-refractivity contribution < 1.29 is 14.3 Å². The Kier molecular flexibility index (Phi) is 4.68. The Hall–Kier alpha value is -2.66.